The van der Waals surface area contributed by atoms with E-state index in [1.54, 1.807) is 29.5 Å². The van der Waals surface area contributed by atoms with Gasteiger partial charge in [0.05, 0.1) is 12.1 Å². The van der Waals surface area contributed by atoms with Gasteiger partial charge in [0.15, 0.2) is 5.96 Å². The van der Waals surface area contributed by atoms with Crippen molar-refractivity contribution in [3.05, 3.63) is 77.8 Å². The molecule has 0 aliphatic heterocycles. The first kappa shape index (κ1) is 24.6. The maximum Gasteiger partial charge on any atom is 0.416 e. The number of aliphatic imine (C=N–C) groups is 1. The number of aromatic nitrogens is 3. The minimum absolute atomic E-state index is 0. The van der Waals surface area contributed by atoms with Gasteiger partial charge in [-0.3, -0.25) is 4.57 Å². The average Bonchev–Trinajstić information content (AvgIpc) is 3.25. The molecule has 0 unspecified atom stereocenters. The van der Waals surface area contributed by atoms with E-state index in [1.165, 1.54) is 0 Å². The lowest BCUT2D eigenvalue weighted by atomic mass is 10.1. The first-order chi connectivity index (χ1) is 14.4. The van der Waals surface area contributed by atoms with Crippen LogP contribution in [-0.2, 0) is 19.3 Å². The van der Waals surface area contributed by atoms with Gasteiger partial charge in [0.1, 0.15) is 18.0 Å². The molecule has 0 fully saturated rings. The molecule has 0 spiro atoms. The number of benzene rings is 1. The molecule has 0 bridgehead atoms. The molecule has 6 nitrogen and oxygen atoms in total. The number of rotatable bonds is 6. The lowest BCUT2D eigenvalue weighted by molar-refractivity contribution is -0.138. The Hall–Kier alpha value is -2.70. The number of guanidine groups is 1. The van der Waals surface area contributed by atoms with Gasteiger partial charge in [-0.2, -0.15) is 13.2 Å². The Labute approximate surface area is 193 Å². The molecule has 0 aliphatic carbocycles. The fourth-order valence-electron chi connectivity index (χ4n) is 2.72. The highest BCUT2D eigenvalue weighted by Gasteiger charge is 2.33. The second-order valence-electron chi connectivity index (χ2n) is 6.34. The van der Waals surface area contributed by atoms with Gasteiger partial charge in [-0.25, -0.2) is 19.4 Å². The summed E-state index contributed by atoms with van der Waals surface area (Å²) in [6.07, 6.45) is 2.09. The zero-order valence-electron chi connectivity index (χ0n) is 16.5. The molecule has 0 saturated heterocycles. The standard InChI is InChI=1S/C20H20F4N6.HI/c1-2-26-19(29-12-15-4-5-16(21)9-17(15)20(22,23)24)28-11-14-3-6-18(27-10-14)30-8-7-25-13-30;/h3-10,13H,2,11-12H2,1H3,(H2,26,28,29);1H. The fraction of sp³-hybridized carbons (Fsp3) is 0.250. The highest BCUT2D eigenvalue weighted by atomic mass is 127. The Morgan fingerprint density at radius 2 is 1.97 bits per heavy atom. The van der Waals surface area contributed by atoms with Crippen molar-refractivity contribution in [3.63, 3.8) is 0 Å². The maximum absolute atomic E-state index is 13.3. The number of alkyl halides is 3. The third-order valence-electron chi connectivity index (χ3n) is 4.17. The number of nitrogens with zero attached hydrogens (tertiary/aromatic N) is 4. The van der Waals surface area contributed by atoms with Gasteiger partial charge < -0.3 is 10.6 Å². The van der Waals surface area contributed by atoms with Gasteiger partial charge in [-0.1, -0.05) is 12.1 Å². The summed E-state index contributed by atoms with van der Waals surface area (Å²) >= 11 is 0. The lowest BCUT2D eigenvalue weighted by Gasteiger charge is -2.16. The van der Waals surface area contributed by atoms with E-state index in [4.69, 9.17) is 0 Å². The summed E-state index contributed by atoms with van der Waals surface area (Å²) < 4.78 is 54.5. The van der Waals surface area contributed by atoms with Crippen LogP contribution >= 0.6 is 24.0 Å². The zero-order chi connectivity index (χ0) is 21.6. The molecule has 3 aromatic rings. The summed E-state index contributed by atoms with van der Waals surface area (Å²) in [5, 5.41) is 5.83. The molecule has 11 heteroatoms. The van der Waals surface area contributed by atoms with Crippen LogP contribution in [-0.4, -0.2) is 27.0 Å². The summed E-state index contributed by atoms with van der Waals surface area (Å²) in [5.41, 5.74) is -0.250. The van der Waals surface area contributed by atoms with Crippen LogP contribution in [0.3, 0.4) is 0 Å². The normalized spacial score (nSPS) is 11.7. The van der Waals surface area contributed by atoms with Crippen LogP contribution in [0.25, 0.3) is 5.82 Å². The minimum atomic E-state index is -4.64. The Kier molecular flexibility index (Phi) is 8.77. The molecule has 0 saturated carbocycles. The van der Waals surface area contributed by atoms with Crippen LogP contribution in [0.1, 0.15) is 23.6 Å². The third kappa shape index (κ3) is 6.91. The van der Waals surface area contributed by atoms with Gasteiger partial charge in [-0.15, -0.1) is 24.0 Å². The molecular formula is C20H21F4IN6. The first-order valence-electron chi connectivity index (χ1n) is 9.18. The Bertz CT molecular complexity index is 988. The Morgan fingerprint density at radius 3 is 2.58 bits per heavy atom. The predicted molar refractivity (Wildman–Crippen MR) is 120 cm³/mol. The summed E-state index contributed by atoms with van der Waals surface area (Å²) in [4.78, 5) is 12.7. The second-order valence-corrected chi connectivity index (χ2v) is 6.34. The van der Waals surface area contributed by atoms with Crippen LogP contribution in [0.4, 0.5) is 17.6 Å². The predicted octanol–water partition coefficient (Wildman–Crippen LogP) is 4.30. The molecule has 2 N–H and O–H groups in total. The van der Waals surface area contributed by atoms with E-state index >= 15 is 0 Å². The fourth-order valence-corrected chi connectivity index (χ4v) is 2.72. The number of halogens is 5. The molecule has 31 heavy (non-hydrogen) atoms. The zero-order valence-corrected chi connectivity index (χ0v) is 18.9. The molecule has 0 atom stereocenters. The maximum atomic E-state index is 13.3. The first-order valence-corrected chi connectivity index (χ1v) is 9.18. The molecule has 166 valence electrons. The summed E-state index contributed by atoms with van der Waals surface area (Å²) in [6, 6.07) is 6.30. The van der Waals surface area contributed by atoms with Crippen molar-refractivity contribution in [2.75, 3.05) is 6.54 Å². The van der Waals surface area contributed by atoms with E-state index in [2.05, 4.69) is 25.6 Å². The van der Waals surface area contributed by atoms with Gasteiger partial charge in [0.2, 0.25) is 0 Å². The quantitative estimate of drug-likeness (QED) is 0.209. The average molecular weight is 548 g/mol. The SMILES string of the molecule is CCNC(=NCc1ccc(-n2ccnc2)nc1)NCc1ccc(F)cc1C(F)(F)F.I. The lowest BCUT2D eigenvalue weighted by Crippen LogP contribution is -2.37. The van der Waals surface area contributed by atoms with E-state index in [1.807, 2.05) is 19.1 Å². The second kappa shape index (κ2) is 11.1. The van der Waals surface area contributed by atoms with Crippen molar-refractivity contribution < 1.29 is 17.6 Å². The monoisotopic (exact) mass is 548 g/mol. The minimum Gasteiger partial charge on any atom is -0.357 e. The molecule has 3 rings (SSSR count). The number of pyridine rings is 1. The third-order valence-corrected chi connectivity index (χ3v) is 4.17. The highest BCUT2D eigenvalue weighted by Crippen LogP contribution is 2.32. The van der Waals surface area contributed by atoms with E-state index in [-0.39, 0.29) is 42.6 Å². The van der Waals surface area contributed by atoms with Crippen LogP contribution in [0.15, 0.2) is 60.2 Å². The number of imidazole rings is 1. The molecule has 0 aliphatic rings. The van der Waals surface area contributed by atoms with Crippen LogP contribution in [0.5, 0.6) is 0 Å². The van der Waals surface area contributed by atoms with E-state index in [9.17, 15) is 17.6 Å². The van der Waals surface area contributed by atoms with Crippen molar-refractivity contribution in [2.24, 2.45) is 4.99 Å². The van der Waals surface area contributed by atoms with E-state index in [0.29, 0.717) is 24.4 Å². The van der Waals surface area contributed by atoms with Crippen molar-refractivity contribution >= 4 is 29.9 Å². The van der Waals surface area contributed by atoms with Crippen molar-refractivity contribution in [1.29, 1.82) is 0 Å². The van der Waals surface area contributed by atoms with E-state index < -0.39 is 17.6 Å². The highest BCUT2D eigenvalue weighted by molar-refractivity contribution is 14.0. The van der Waals surface area contributed by atoms with Gasteiger partial charge in [-0.05, 0) is 36.2 Å². The van der Waals surface area contributed by atoms with Gasteiger partial charge in [0.25, 0.3) is 0 Å². The summed E-state index contributed by atoms with van der Waals surface area (Å²) in [7, 11) is 0. The van der Waals surface area contributed by atoms with Crippen molar-refractivity contribution in [2.45, 2.75) is 26.2 Å². The number of hydrogen-bond acceptors (Lipinski definition) is 3. The molecular weight excluding hydrogens is 527 g/mol. The molecule has 2 heterocycles. The summed E-state index contributed by atoms with van der Waals surface area (Å²) in [6.45, 7) is 2.50. The molecule has 1 aromatic carbocycles. The molecule has 2 aromatic heterocycles. The largest absolute Gasteiger partial charge is 0.416 e. The Morgan fingerprint density at radius 1 is 1.16 bits per heavy atom. The van der Waals surface area contributed by atoms with Crippen molar-refractivity contribution in [3.8, 4) is 5.82 Å². The molecule has 0 radical (unpaired) electrons. The van der Waals surface area contributed by atoms with Crippen LogP contribution < -0.4 is 10.6 Å². The van der Waals surface area contributed by atoms with Crippen molar-refractivity contribution in [1.82, 2.24) is 25.2 Å². The number of nitrogens with one attached hydrogen (secondary N) is 2. The van der Waals surface area contributed by atoms with Crippen LogP contribution in [0, 0.1) is 5.82 Å². The molecule has 0 amide bonds. The van der Waals surface area contributed by atoms with E-state index in [0.717, 1.165) is 17.7 Å². The number of hydrogen-bond donors (Lipinski definition) is 2. The topological polar surface area (TPSA) is 67.1 Å². The van der Waals surface area contributed by atoms with Crippen LogP contribution in [0.2, 0.25) is 0 Å². The Balaban J connectivity index is 0.00000341. The van der Waals surface area contributed by atoms with Gasteiger partial charge >= 0.3 is 6.18 Å². The van der Waals surface area contributed by atoms with Gasteiger partial charge in [0, 0.05) is 31.7 Å². The summed E-state index contributed by atoms with van der Waals surface area (Å²) in [5.74, 6) is 0.119. The smallest absolute Gasteiger partial charge is 0.357 e.